The highest BCUT2D eigenvalue weighted by Crippen LogP contribution is 2.09. The largest absolute Gasteiger partial charge is 0.458 e. The second-order valence-corrected chi connectivity index (χ2v) is 3.35. The van der Waals surface area contributed by atoms with E-state index in [4.69, 9.17) is 4.74 Å². The first-order valence-electron chi connectivity index (χ1n) is 5.57. The predicted molar refractivity (Wildman–Crippen MR) is 63.6 cm³/mol. The van der Waals surface area contributed by atoms with Gasteiger partial charge in [0.25, 0.3) is 0 Å². The third-order valence-electron chi connectivity index (χ3n) is 1.89. The second kappa shape index (κ2) is 7.94. The molecule has 1 aromatic carbocycles. The maximum absolute atomic E-state index is 11.2. The molecular weight excluding hydrogens is 236 g/mol. The van der Waals surface area contributed by atoms with Crippen LogP contribution in [0, 0.1) is 0 Å². The van der Waals surface area contributed by atoms with Crippen molar-refractivity contribution in [3.05, 3.63) is 30.3 Å². The average molecular weight is 250 g/mol. The molecule has 0 spiro atoms. The highest BCUT2D eigenvalue weighted by molar-refractivity contribution is 5.74. The van der Waals surface area contributed by atoms with E-state index in [9.17, 15) is 9.59 Å². The number of benzene rings is 1. The quantitative estimate of drug-likeness (QED) is 0.604. The lowest BCUT2D eigenvalue weighted by Gasteiger charge is -1.99. The molecule has 0 atom stereocenters. The third-order valence-corrected chi connectivity index (χ3v) is 1.89. The van der Waals surface area contributed by atoms with Crippen molar-refractivity contribution in [1.82, 2.24) is 0 Å². The number of ether oxygens (including phenoxy) is 2. The summed E-state index contributed by atoms with van der Waals surface area (Å²) >= 11 is 0. The zero-order chi connectivity index (χ0) is 13.2. The molecule has 2 amide bonds. The number of para-hydroxylation sites is 1. The van der Waals surface area contributed by atoms with Gasteiger partial charge in [0.1, 0.15) is 5.75 Å². The van der Waals surface area contributed by atoms with E-state index in [0.29, 0.717) is 5.75 Å². The van der Waals surface area contributed by atoms with Crippen LogP contribution in [0.5, 0.6) is 5.75 Å². The summed E-state index contributed by atoms with van der Waals surface area (Å²) in [5, 5.41) is 6.17. The third kappa shape index (κ3) is 5.74. The molecule has 18 heavy (non-hydrogen) atoms. The molecule has 0 radical (unpaired) electrons. The predicted octanol–water partition coefficient (Wildman–Crippen LogP) is 3.57. The first-order valence-corrected chi connectivity index (χ1v) is 5.57. The normalized spacial score (nSPS) is 10.3. The van der Waals surface area contributed by atoms with E-state index in [1.54, 1.807) is 30.3 Å². The Morgan fingerprint density at radius 3 is 2.44 bits per heavy atom. The minimum atomic E-state index is -0.964. The number of rotatable bonds is 4. The van der Waals surface area contributed by atoms with E-state index in [2.05, 4.69) is 15.0 Å². The number of carbonyl (C=O) groups is 2. The van der Waals surface area contributed by atoms with Gasteiger partial charge >= 0.3 is 12.2 Å². The Bertz CT molecular complexity index is 417. The summed E-state index contributed by atoms with van der Waals surface area (Å²) in [5.41, 5.74) is 0. The van der Waals surface area contributed by atoms with Gasteiger partial charge in [0.05, 0.1) is 6.61 Å². The van der Waals surface area contributed by atoms with Crippen molar-refractivity contribution in [1.29, 1.82) is 0 Å². The lowest BCUT2D eigenvalue weighted by Crippen LogP contribution is -2.04. The Hall–Kier alpha value is -2.24. The summed E-state index contributed by atoms with van der Waals surface area (Å²) in [6.45, 7) is 2.23. The summed E-state index contributed by atoms with van der Waals surface area (Å²) in [5.74, 6) is 0.334. The smallest absolute Gasteiger partial charge is 0.447 e. The van der Waals surface area contributed by atoms with Gasteiger partial charge in [-0.05, 0) is 18.6 Å². The molecule has 0 saturated heterocycles. The highest BCUT2D eigenvalue weighted by Gasteiger charge is 2.04. The van der Waals surface area contributed by atoms with Crippen molar-refractivity contribution in [3.8, 4) is 5.75 Å². The first-order chi connectivity index (χ1) is 8.72. The van der Waals surface area contributed by atoms with Gasteiger partial charge < -0.3 is 9.47 Å². The molecule has 0 aliphatic rings. The molecular formula is C12H14N2O4. The molecule has 0 unspecified atom stereocenters. The van der Waals surface area contributed by atoms with Crippen LogP contribution in [0.2, 0.25) is 0 Å². The van der Waals surface area contributed by atoms with Crippen LogP contribution >= 0.6 is 0 Å². The van der Waals surface area contributed by atoms with Gasteiger partial charge in [-0.1, -0.05) is 41.8 Å². The fourth-order valence-electron chi connectivity index (χ4n) is 1.02. The van der Waals surface area contributed by atoms with E-state index in [1.807, 2.05) is 6.92 Å². The van der Waals surface area contributed by atoms with E-state index >= 15 is 0 Å². The zero-order valence-electron chi connectivity index (χ0n) is 10.0. The molecule has 1 aromatic rings. The van der Waals surface area contributed by atoms with Gasteiger partial charge in [0.15, 0.2) is 0 Å². The fraction of sp³-hybridized carbons (Fsp3) is 0.333. The molecule has 0 bridgehead atoms. The lowest BCUT2D eigenvalue weighted by atomic mass is 10.3. The number of unbranched alkanes of at least 4 members (excludes halogenated alkanes) is 1. The summed E-state index contributed by atoms with van der Waals surface area (Å²) in [4.78, 5) is 22.1. The van der Waals surface area contributed by atoms with Crippen molar-refractivity contribution in [2.45, 2.75) is 19.8 Å². The van der Waals surface area contributed by atoms with E-state index in [-0.39, 0.29) is 6.61 Å². The number of nitrogens with zero attached hydrogens (tertiary/aromatic N) is 2. The molecule has 0 fully saturated rings. The number of azo groups is 1. The number of amides is 2. The number of hydrogen-bond acceptors (Lipinski definition) is 4. The van der Waals surface area contributed by atoms with E-state index in [0.717, 1.165) is 12.8 Å². The van der Waals surface area contributed by atoms with Crippen LogP contribution in [0.25, 0.3) is 0 Å². The van der Waals surface area contributed by atoms with Crippen LogP contribution in [0.4, 0.5) is 9.59 Å². The molecule has 0 aliphatic heterocycles. The van der Waals surface area contributed by atoms with Crippen LogP contribution < -0.4 is 4.74 Å². The van der Waals surface area contributed by atoms with Crippen LogP contribution in [0.1, 0.15) is 19.8 Å². The van der Waals surface area contributed by atoms with Crippen LogP contribution in [0.3, 0.4) is 0 Å². The van der Waals surface area contributed by atoms with Crippen molar-refractivity contribution in [2.24, 2.45) is 10.2 Å². The van der Waals surface area contributed by atoms with Crippen molar-refractivity contribution >= 4 is 12.2 Å². The van der Waals surface area contributed by atoms with Gasteiger partial charge in [-0.25, -0.2) is 9.59 Å². The van der Waals surface area contributed by atoms with Crippen molar-refractivity contribution in [2.75, 3.05) is 6.61 Å². The highest BCUT2D eigenvalue weighted by atomic mass is 16.6. The Morgan fingerprint density at radius 2 is 1.78 bits per heavy atom. The summed E-state index contributed by atoms with van der Waals surface area (Å²) in [7, 11) is 0. The topological polar surface area (TPSA) is 77.3 Å². The monoisotopic (exact) mass is 250 g/mol. The van der Waals surface area contributed by atoms with Crippen LogP contribution in [0.15, 0.2) is 40.6 Å². The molecule has 0 N–H and O–H groups in total. The molecule has 0 aromatic heterocycles. The van der Waals surface area contributed by atoms with Crippen LogP contribution in [-0.2, 0) is 4.74 Å². The van der Waals surface area contributed by atoms with E-state index in [1.165, 1.54) is 0 Å². The fourth-order valence-corrected chi connectivity index (χ4v) is 1.02. The van der Waals surface area contributed by atoms with Gasteiger partial charge in [0, 0.05) is 0 Å². The maximum Gasteiger partial charge on any atom is 0.458 e. The number of carbonyl (C=O) groups excluding carboxylic acids is 2. The Kier molecular flexibility index (Phi) is 6.10. The minimum absolute atomic E-state index is 0.266. The van der Waals surface area contributed by atoms with Gasteiger partial charge in [-0.2, -0.15) is 0 Å². The summed E-state index contributed by atoms with van der Waals surface area (Å²) in [6, 6.07) is 8.38. The van der Waals surface area contributed by atoms with Crippen molar-refractivity contribution < 1.29 is 19.1 Å². The van der Waals surface area contributed by atoms with Crippen molar-refractivity contribution in [3.63, 3.8) is 0 Å². The minimum Gasteiger partial charge on any atom is -0.447 e. The lowest BCUT2D eigenvalue weighted by molar-refractivity contribution is 0.152. The molecule has 6 nitrogen and oxygen atoms in total. The summed E-state index contributed by atoms with van der Waals surface area (Å²) in [6.07, 6.45) is -0.210. The van der Waals surface area contributed by atoms with Gasteiger partial charge in [-0.3, -0.25) is 0 Å². The van der Waals surface area contributed by atoms with Gasteiger partial charge in [0.2, 0.25) is 0 Å². The van der Waals surface area contributed by atoms with Gasteiger partial charge in [-0.15, -0.1) is 0 Å². The molecule has 0 heterocycles. The SMILES string of the molecule is CCCCOC(=O)/N=N/C(=O)Oc1ccccc1. The molecule has 0 aliphatic carbocycles. The Labute approximate surface area is 105 Å². The maximum atomic E-state index is 11.2. The Morgan fingerprint density at radius 1 is 1.11 bits per heavy atom. The molecule has 96 valence electrons. The second-order valence-electron chi connectivity index (χ2n) is 3.35. The average Bonchev–Trinajstić information content (AvgIpc) is 2.38. The van der Waals surface area contributed by atoms with Crippen LogP contribution in [-0.4, -0.2) is 18.8 Å². The zero-order valence-corrected chi connectivity index (χ0v) is 10.0. The number of hydrogen-bond donors (Lipinski definition) is 0. The standard InChI is InChI=1S/C12H14N2O4/c1-2-3-9-17-11(15)13-14-12(16)18-10-7-5-4-6-8-10/h4-8H,2-3,9H2,1H3/b14-13+. The molecule has 6 heteroatoms. The molecule has 0 saturated carbocycles. The summed E-state index contributed by atoms with van der Waals surface area (Å²) < 4.78 is 9.46. The van der Waals surface area contributed by atoms with E-state index < -0.39 is 12.2 Å². The molecule has 1 rings (SSSR count). The Balaban J connectivity index is 2.33. The first kappa shape index (κ1) is 13.8.